The molecule has 9 heteroatoms. The summed E-state index contributed by atoms with van der Waals surface area (Å²) in [7, 11) is 0. The Morgan fingerprint density at radius 3 is 2.65 bits per heavy atom. The number of amides is 2. The molecule has 3 aromatic heterocycles. The summed E-state index contributed by atoms with van der Waals surface area (Å²) >= 11 is 0. The number of aromatic nitrogens is 5. The fraction of sp³-hybridized carbons (Fsp3) is 0.455. The largest absolute Gasteiger partial charge is 0.339 e. The van der Waals surface area contributed by atoms with Crippen molar-refractivity contribution >= 4 is 6.03 Å². The second kappa shape index (κ2) is 8.79. The van der Waals surface area contributed by atoms with Crippen LogP contribution in [0.1, 0.15) is 55.4 Å². The number of carbonyl (C=O) groups is 1. The van der Waals surface area contributed by atoms with Crippen LogP contribution in [-0.4, -0.2) is 55.2 Å². The van der Waals surface area contributed by atoms with Gasteiger partial charge in [-0.2, -0.15) is 4.98 Å². The van der Waals surface area contributed by atoms with E-state index in [2.05, 4.69) is 30.4 Å². The van der Waals surface area contributed by atoms with Crippen LogP contribution in [0.4, 0.5) is 4.79 Å². The van der Waals surface area contributed by atoms with Crippen molar-refractivity contribution in [2.24, 2.45) is 0 Å². The van der Waals surface area contributed by atoms with Gasteiger partial charge in [0.1, 0.15) is 5.69 Å². The monoisotopic (exact) mass is 419 g/mol. The second-order valence-corrected chi connectivity index (χ2v) is 8.24. The van der Waals surface area contributed by atoms with Crippen LogP contribution in [0, 0.1) is 0 Å². The Balaban J connectivity index is 1.38. The van der Waals surface area contributed by atoms with E-state index in [9.17, 15) is 4.79 Å². The highest BCUT2D eigenvalue weighted by Gasteiger charge is 2.41. The van der Waals surface area contributed by atoms with Crippen molar-refractivity contribution in [3.05, 3.63) is 54.6 Å². The number of hydrogen-bond acceptors (Lipinski definition) is 7. The molecule has 0 aromatic carbocycles. The lowest BCUT2D eigenvalue weighted by Crippen LogP contribution is -2.44. The van der Waals surface area contributed by atoms with Gasteiger partial charge in [0, 0.05) is 49.8 Å². The minimum atomic E-state index is -0.112. The number of nitrogens with one attached hydrogen (secondary N) is 1. The topological polar surface area (TPSA) is 110 Å². The van der Waals surface area contributed by atoms with E-state index in [1.54, 1.807) is 24.8 Å². The summed E-state index contributed by atoms with van der Waals surface area (Å²) in [6, 6.07) is 4.20. The first kappa shape index (κ1) is 19.6. The van der Waals surface area contributed by atoms with Crippen LogP contribution in [0.5, 0.6) is 0 Å². The van der Waals surface area contributed by atoms with E-state index < -0.39 is 0 Å². The van der Waals surface area contributed by atoms with Gasteiger partial charge in [-0.25, -0.2) is 9.78 Å². The van der Waals surface area contributed by atoms with Gasteiger partial charge < -0.3 is 14.7 Å². The molecule has 2 fully saturated rings. The number of nitrogens with zero attached hydrogens (tertiary/aromatic N) is 6. The van der Waals surface area contributed by atoms with Crippen molar-refractivity contribution in [1.29, 1.82) is 0 Å². The Bertz CT molecular complexity index is 1000. The van der Waals surface area contributed by atoms with Gasteiger partial charge in [0.05, 0.1) is 12.1 Å². The molecule has 31 heavy (non-hydrogen) atoms. The molecule has 2 atom stereocenters. The zero-order chi connectivity index (χ0) is 21.0. The highest BCUT2D eigenvalue weighted by atomic mass is 16.5. The quantitative estimate of drug-likeness (QED) is 0.692. The zero-order valence-electron chi connectivity index (χ0n) is 17.2. The maximum Gasteiger partial charge on any atom is 0.317 e. The molecule has 0 bridgehead atoms. The maximum absolute atomic E-state index is 13.0. The third-order valence-electron chi connectivity index (χ3n) is 6.20. The summed E-state index contributed by atoms with van der Waals surface area (Å²) < 4.78 is 5.63. The van der Waals surface area contributed by atoms with E-state index in [-0.39, 0.29) is 23.9 Å². The van der Waals surface area contributed by atoms with E-state index >= 15 is 0 Å². The normalized spacial score (nSPS) is 21.9. The Hall–Kier alpha value is -3.36. The highest BCUT2D eigenvalue weighted by Crippen LogP contribution is 2.39. The Kier molecular flexibility index (Phi) is 5.56. The number of carbonyl (C=O) groups excluding carboxylic acids is 1. The molecule has 0 unspecified atom stereocenters. The Labute approximate surface area is 180 Å². The van der Waals surface area contributed by atoms with Crippen molar-refractivity contribution in [3.8, 4) is 11.5 Å². The summed E-state index contributed by atoms with van der Waals surface area (Å²) in [5, 5.41) is 7.32. The molecular formula is C22H25N7O2. The summed E-state index contributed by atoms with van der Waals surface area (Å²) in [6.45, 7) is 1.10. The van der Waals surface area contributed by atoms with Gasteiger partial charge in [-0.1, -0.05) is 30.5 Å². The molecule has 1 N–H and O–H groups in total. The molecule has 9 nitrogen and oxygen atoms in total. The van der Waals surface area contributed by atoms with Gasteiger partial charge >= 0.3 is 6.03 Å². The standard InChI is InChI=1S/C22H25N7O2/c30-22(26-16-6-2-1-3-7-16)29-13-17(15-5-4-8-23-11-15)18(14-29)21-27-20(28-31-21)19-12-24-9-10-25-19/h4-5,8-12,16-18H,1-3,6-7,13-14H2,(H,26,30)/t17-,18+/m0/s1. The fourth-order valence-corrected chi connectivity index (χ4v) is 4.57. The number of urea groups is 1. The summed E-state index contributed by atoms with van der Waals surface area (Å²) in [6.07, 6.45) is 14.1. The van der Waals surface area contributed by atoms with Gasteiger partial charge in [0.25, 0.3) is 0 Å². The molecule has 1 aliphatic carbocycles. The Morgan fingerprint density at radius 2 is 1.87 bits per heavy atom. The maximum atomic E-state index is 13.0. The van der Waals surface area contributed by atoms with Crippen LogP contribution in [0.15, 0.2) is 47.6 Å². The molecular weight excluding hydrogens is 394 g/mol. The van der Waals surface area contributed by atoms with Crippen LogP contribution in [-0.2, 0) is 0 Å². The lowest BCUT2D eigenvalue weighted by atomic mass is 9.90. The SMILES string of the molecule is O=C(NC1CCCCC1)N1C[C@@H](c2cccnc2)[C@H](c2nc(-c3cnccn3)no2)C1. The third-order valence-corrected chi connectivity index (χ3v) is 6.20. The molecule has 1 saturated carbocycles. The average molecular weight is 419 g/mol. The van der Waals surface area contributed by atoms with Crippen molar-refractivity contribution in [2.45, 2.75) is 50.0 Å². The molecule has 0 radical (unpaired) electrons. The second-order valence-electron chi connectivity index (χ2n) is 8.24. The molecule has 1 saturated heterocycles. The molecule has 4 heterocycles. The first-order chi connectivity index (χ1) is 15.3. The minimum absolute atomic E-state index is 0.0167. The smallest absolute Gasteiger partial charge is 0.317 e. The Morgan fingerprint density at radius 1 is 1.03 bits per heavy atom. The molecule has 160 valence electrons. The number of rotatable bonds is 4. The lowest BCUT2D eigenvalue weighted by molar-refractivity contribution is 0.199. The van der Waals surface area contributed by atoms with Crippen molar-refractivity contribution in [2.75, 3.05) is 13.1 Å². The molecule has 3 aromatic rings. The third kappa shape index (κ3) is 4.26. The van der Waals surface area contributed by atoms with E-state index in [0.717, 1.165) is 18.4 Å². The average Bonchev–Trinajstić information content (AvgIpc) is 3.49. The highest BCUT2D eigenvalue weighted by molar-refractivity contribution is 5.75. The molecule has 0 spiro atoms. The van der Waals surface area contributed by atoms with Crippen LogP contribution in [0.2, 0.25) is 0 Å². The van der Waals surface area contributed by atoms with Gasteiger partial charge in [-0.05, 0) is 24.5 Å². The summed E-state index contributed by atoms with van der Waals surface area (Å²) in [5.41, 5.74) is 1.61. The minimum Gasteiger partial charge on any atom is -0.339 e. The van der Waals surface area contributed by atoms with Crippen molar-refractivity contribution in [3.63, 3.8) is 0 Å². The fourth-order valence-electron chi connectivity index (χ4n) is 4.57. The van der Waals surface area contributed by atoms with Crippen LogP contribution < -0.4 is 5.32 Å². The summed E-state index contributed by atoms with van der Waals surface area (Å²) in [5.74, 6) is 0.820. The summed E-state index contributed by atoms with van der Waals surface area (Å²) in [4.78, 5) is 32.0. The molecule has 2 aliphatic rings. The van der Waals surface area contributed by atoms with Gasteiger partial charge in [0.2, 0.25) is 11.7 Å². The van der Waals surface area contributed by atoms with E-state index in [4.69, 9.17) is 4.52 Å². The molecule has 1 aliphatic heterocycles. The number of pyridine rings is 1. The molecule has 2 amide bonds. The number of likely N-dealkylation sites (tertiary alicyclic amines) is 1. The predicted octanol–water partition coefficient (Wildman–Crippen LogP) is 3.15. The van der Waals surface area contributed by atoms with Crippen LogP contribution in [0.25, 0.3) is 11.5 Å². The van der Waals surface area contributed by atoms with Gasteiger partial charge in [-0.3, -0.25) is 9.97 Å². The van der Waals surface area contributed by atoms with E-state index in [1.807, 2.05) is 23.2 Å². The predicted molar refractivity (Wildman–Crippen MR) is 112 cm³/mol. The van der Waals surface area contributed by atoms with Crippen LogP contribution in [0.3, 0.4) is 0 Å². The van der Waals surface area contributed by atoms with Crippen LogP contribution >= 0.6 is 0 Å². The van der Waals surface area contributed by atoms with Crippen molar-refractivity contribution < 1.29 is 9.32 Å². The number of hydrogen-bond donors (Lipinski definition) is 1. The van der Waals surface area contributed by atoms with E-state index in [1.165, 1.54) is 19.3 Å². The van der Waals surface area contributed by atoms with Crippen molar-refractivity contribution in [1.82, 2.24) is 35.3 Å². The van der Waals surface area contributed by atoms with E-state index in [0.29, 0.717) is 30.5 Å². The van der Waals surface area contributed by atoms with Gasteiger partial charge in [0.15, 0.2) is 0 Å². The zero-order valence-corrected chi connectivity index (χ0v) is 17.2. The van der Waals surface area contributed by atoms with Gasteiger partial charge in [-0.15, -0.1) is 0 Å². The first-order valence-corrected chi connectivity index (χ1v) is 10.8. The first-order valence-electron chi connectivity index (χ1n) is 10.8. The lowest BCUT2D eigenvalue weighted by Gasteiger charge is -2.26. The molecule has 5 rings (SSSR count).